The predicted octanol–water partition coefficient (Wildman–Crippen LogP) is 2.21. The predicted molar refractivity (Wildman–Crippen MR) is 64.3 cm³/mol. The summed E-state index contributed by atoms with van der Waals surface area (Å²) >= 11 is 0. The zero-order valence-electron chi connectivity index (χ0n) is 10.9. The van der Waals surface area contributed by atoms with Gasteiger partial charge in [-0.05, 0) is 40.2 Å². The second kappa shape index (κ2) is 8.08. The second-order valence-corrected chi connectivity index (χ2v) is 4.59. The molecule has 92 valence electrons. The fourth-order valence-corrected chi connectivity index (χ4v) is 1.32. The highest BCUT2D eigenvalue weighted by Gasteiger charge is 2.18. The van der Waals surface area contributed by atoms with Gasteiger partial charge in [0.25, 0.3) is 0 Å². The third-order valence-electron chi connectivity index (χ3n) is 2.51. The third-order valence-corrected chi connectivity index (χ3v) is 2.51. The summed E-state index contributed by atoms with van der Waals surface area (Å²) < 4.78 is 10.9. The Kier molecular flexibility index (Phi) is 8.02. The SMILES string of the molecule is CCC(C)(C)OC(C)CNCCCOC. The molecule has 0 saturated carbocycles. The van der Waals surface area contributed by atoms with Crippen LogP contribution in [0.4, 0.5) is 0 Å². The molecule has 0 aromatic rings. The number of hydrogen-bond acceptors (Lipinski definition) is 3. The fraction of sp³-hybridized carbons (Fsp3) is 1.00. The van der Waals surface area contributed by atoms with Gasteiger partial charge in [-0.3, -0.25) is 0 Å². The molecule has 3 nitrogen and oxygen atoms in total. The molecule has 15 heavy (non-hydrogen) atoms. The first-order valence-electron chi connectivity index (χ1n) is 5.89. The van der Waals surface area contributed by atoms with Crippen molar-refractivity contribution in [1.82, 2.24) is 5.32 Å². The van der Waals surface area contributed by atoms with E-state index in [2.05, 4.69) is 33.0 Å². The lowest BCUT2D eigenvalue weighted by molar-refractivity contribution is -0.0641. The standard InChI is InChI=1S/C12H27NO2/c1-6-12(3,4)15-11(2)10-13-8-7-9-14-5/h11,13H,6-10H2,1-5H3. The highest BCUT2D eigenvalue weighted by Crippen LogP contribution is 2.15. The zero-order valence-corrected chi connectivity index (χ0v) is 10.9. The van der Waals surface area contributed by atoms with Crippen LogP contribution in [0.25, 0.3) is 0 Å². The molecular weight excluding hydrogens is 190 g/mol. The van der Waals surface area contributed by atoms with E-state index in [9.17, 15) is 0 Å². The molecule has 3 heteroatoms. The normalized spacial score (nSPS) is 14.2. The maximum absolute atomic E-state index is 5.90. The Morgan fingerprint density at radius 1 is 1.33 bits per heavy atom. The largest absolute Gasteiger partial charge is 0.385 e. The minimum Gasteiger partial charge on any atom is -0.385 e. The Hall–Kier alpha value is -0.120. The molecule has 0 aliphatic rings. The van der Waals surface area contributed by atoms with Gasteiger partial charge in [0.2, 0.25) is 0 Å². The van der Waals surface area contributed by atoms with Gasteiger partial charge in [0.1, 0.15) is 0 Å². The average molecular weight is 217 g/mol. The van der Waals surface area contributed by atoms with Crippen molar-refractivity contribution in [2.45, 2.75) is 52.2 Å². The Bertz CT molecular complexity index is 149. The van der Waals surface area contributed by atoms with Crippen LogP contribution in [0.5, 0.6) is 0 Å². The molecule has 0 aliphatic carbocycles. The molecule has 0 saturated heterocycles. The van der Waals surface area contributed by atoms with Crippen LogP contribution in [0.15, 0.2) is 0 Å². The number of rotatable bonds is 9. The van der Waals surface area contributed by atoms with E-state index in [-0.39, 0.29) is 11.7 Å². The van der Waals surface area contributed by atoms with Crippen LogP contribution in [0.2, 0.25) is 0 Å². The Balaban J connectivity index is 3.45. The Morgan fingerprint density at radius 2 is 2.00 bits per heavy atom. The summed E-state index contributed by atoms with van der Waals surface area (Å²) in [6.45, 7) is 11.3. The molecule has 0 amide bonds. The van der Waals surface area contributed by atoms with E-state index in [1.807, 2.05) is 0 Å². The lowest BCUT2D eigenvalue weighted by atomic mass is 10.1. The third kappa shape index (κ3) is 8.85. The fourth-order valence-electron chi connectivity index (χ4n) is 1.32. The highest BCUT2D eigenvalue weighted by atomic mass is 16.5. The summed E-state index contributed by atoms with van der Waals surface area (Å²) in [5.74, 6) is 0. The van der Waals surface area contributed by atoms with Crippen LogP contribution in [-0.4, -0.2) is 38.5 Å². The minimum absolute atomic E-state index is 0.00632. The molecule has 0 heterocycles. The molecule has 1 unspecified atom stereocenters. The lowest BCUT2D eigenvalue weighted by Crippen LogP contribution is -2.35. The van der Waals surface area contributed by atoms with Gasteiger partial charge in [0.15, 0.2) is 0 Å². The van der Waals surface area contributed by atoms with Crippen LogP contribution in [0.1, 0.15) is 40.5 Å². The van der Waals surface area contributed by atoms with Crippen molar-refractivity contribution >= 4 is 0 Å². The first-order chi connectivity index (χ1) is 7.02. The minimum atomic E-state index is -0.00632. The molecule has 0 rings (SSSR count). The van der Waals surface area contributed by atoms with E-state index in [0.29, 0.717) is 0 Å². The van der Waals surface area contributed by atoms with Gasteiger partial charge in [-0.2, -0.15) is 0 Å². The average Bonchev–Trinajstić information content (AvgIpc) is 2.17. The topological polar surface area (TPSA) is 30.5 Å². The Morgan fingerprint density at radius 3 is 2.53 bits per heavy atom. The van der Waals surface area contributed by atoms with Crippen molar-refractivity contribution in [3.8, 4) is 0 Å². The first kappa shape index (κ1) is 14.9. The smallest absolute Gasteiger partial charge is 0.0678 e. The zero-order chi connectivity index (χ0) is 11.7. The summed E-state index contributed by atoms with van der Waals surface area (Å²) in [5, 5.41) is 3.36. The van der Waals surface area contributed by atoms with Crippen molar-refractivity contribution < 1.29 is 9.47 Å². The molecule has 0 aromatic carbocycles. The van der Waals surface area contributed by atoms with Crippen molar-refractivity contribution in [2.75, 3.05) is 26.8 Å². The molecule has 0 aromatic heterocycles. The van der Waals surface area contributed by atoms with Crippen LogP contribution < -0.4 is 5.32 Å². The molecule has 1 atom stereocenters. The van der Waals surface area contributed by atoms with E-state index in [4.69, 9.17) is 9.47 Å². The first-order valence-corrected chi connectivity index (χ1v) is 5.89. The van der Waals surface area contributed by atoms with Crippen LogP contribution in [0.3, 0.4) is 0 Å². The molecule has 0 fully saturated rings. The van der Waals surface area contributed by atoms with Gasteiger partial charge in [-0.15, -0.1) is 0 Å². The number of hydrogen-bond donors (Lipinski definition) is 1. The molecule has 0 aliphatic heterocycles. The summed E-state index contributed by atoms with van der Waals surface area (Å²) in [4.78, 5) is 0. The second-order valence-electron chi connectivity index (χ2n) is 4.59. The highest BCUT2D eigenvalue weighted by molar-refractivity contribution is 4.68. The summed E-state index contributed by atoms with van der Waals surface area (Å²) in [6, 6.07) is 0. The van der Waals surface area contributed by atoms with Crippen molar-refractivity contribution in [1.29, 1.82) is 0 Å². The van der Waals surface area contributed by atoms with Crippen LogP contribution >= 0.6 is 0 Å². The van der Waals surface area contributed by atoms with Crippen LogP contribution in [-0.2, 0) is 9.47 Å². The molecule has 1 N–H and O–H groups in total. The van der Waals surface area contributed by atoms with Crippen LogP contribution in [0, 0.1) is 0 Å². The van der Waals surface area contributed by atoms with Crippen molar-refractivity contribution in [2.24, 2.45) is 0 Å². The lowest BCUT2D eigenvalue weighted by Gasteiger charge is -2.28. The number of methoxy groups -OCH3 is 1. The van der Waals surface area contributed by atoms with Gasteiger partial charge in [0, 0.05) is 20.3 Å². The van der Waals surface area contributed by atoms with Gasteiger partial charge in [0.05, 0.1) is 11.7 Å². The molecular formula is C12H27NO2. The quantitative estimate of drug-likeness (QED) is 0.601. The maximum Gasteiger partial charge on any atom is 0.0678 e. The molecule has 0 bridgehead atoms. The van der Waals surface area contributed by atoms with Gasteiger partial charge >= 0.3 is 0 Å². The van der Waals surface area contributed by atoms with Gasteiger partial charge < -0.3 is 14.8 Å². The van der Waals surface area contributed by atoms with Gasteiger partial charge in [-0.1, -0.05) is 6.92 Å². The summed E-state index contributed by atoms with van der Waals surface area (Å²) in [7, 11) is 1.73. The van der Waals surface area contributed by atoms with E-state index in [1.54, 1.807) is 7.11 Å². The van der Waals surface area contributed by atoms with E-state index < -0.39 is 0 Å². The number of nitrogens with one attached hydrogen (secondary N) is 1. The van der Waals surface area contributed by atoms with Crippen molar-refractivity contribution in [3.63, 3.8) is 0 Å². The van der Waals surface area contributed by atoms with Gasteiger partial charge in [-0.25, -0.2) is 0 Å². The van der Waals surface area contributed by atoms with E-state index in [1.165, 1.54) is 0 Å². The van der Waals surface area contributed by atoms with E-state index >= 15 is 0 Å². The van der Waals surface area contributed by atoms with E-state index in [0.717, 1.165) is 32.5 Å². The summed E-state index contributed by atoms with van der Waals surface area (Å²) in [6.07, 6.45) is 2.36. The molecule has 0 radical (unpaired) electrons. The maximum atomic E-state index is 5.90. The van der Waals surface area contributed by atoms with Crippen molar-refractivity contribution in [3.05, 3.63) is 0 Å². The Labute approximate surface area is 94.5 Å². The number of ether oxygens (including phenoxy) is 2. The molecule has 0 spiro atoms. The monoisotopic (exact) mass is 217 g/mol. The summed E-state index contributed by atoms with van der Waals surface area (Å²) in [5.41, 5.74) is -0.00632.